The molecular weight excluding hydrogens is 188 g/mol. The van der Waals surface area contributed by atoms with Gasteiger partial charge >= 0.3 is 0 Å². The van der Waals surface area contributed by atoms with Gasteiger partial charge in [0.15, 0.2) is 0 Å². The maximum absolute atomic E-state index is 5.55. The summed E-state index contributed by atoms with van der Waals surface area (Å²) in [6, 6.07) is 0. The van der Waals surface area contributed by atoms with Gasteiger partial charge in [0.05, 0.1) is 12.7 Å². The third-order valence-corrected chi connectivity index (χ3v) is 4.40. The van der Waals surface area contributed by atoms with Crippen LogP contribution in [-0.4, -0.2) is 23.2 Å². The molecule has 3 rings (SSSR count). The van der Waals surface area contributed by atoms with E-state index in [-0.39, 0.29) is 0 Å². The smallest absolute Gasteiger partial charge is 0.0587 e. The molecule has 12 heavy (non-hydrogen) atoms. The molecule has 2 aliphatic heterocycles. The van der Waals surface area contributed by atoms with Crippen LogP contribution in [-0.2, 0) is 4.74 Å². The molecule has 0 atom stereocenters. The Hall–Kier alpha value is 0.400. The lowest BCUT2D eigenvalue weighted by molar-refractivity contribution is 0.110. The summed E-state index contributed by atoms with van der Waals surface area (Å²) in [4.78, 5) is 0. The van der Waals surface area contributed by atoms with E-state index in [9.17, 15) is 0 Å². The van der Waals surface area contributed by atoms with Gasteiger partial charge in [0.25, 0.3) is 0 Å². The van der Waals surface area contributed by atoms with E-state index in [4.69, 9.17) is 17.0 Å². The Labute approximate surface area is 83.2 Å². The molecule has 2 bridgehead atoms. The minimum atomic E-state index is 0.546. The van der Waals surface area contributed by atoms with Crippen molar-refractivity contribution >= 4 is 28.2 Å². The van der Waals surface area contributed by atoms with E-state index in [0.29, 0.717) is 11.5 Å². The Morgan fingerprint density at radius 3 is 2.92 bits per heavy atom. The fraction of sp³-hybridized carbons (Fsp3) is 0.889. The van der Waals surface area contributed by atoms with Gasteiger partial charge in [0.2, 0.25) is 0 Å². The quantitative estimate of drug-likeness (QED) is 0.651. The lowest BCUT2D eigenvalue weighted by Gasteiger charge is -2.35. The fourth-order valence-corrected chi connectivity index (χ4v) is 2.59. The third-order valence-electron chi connectivity index (χ3n) is 3.03. The first-order chi connectivity index (χ1) is 5.74. The van der Waals surface area contributed by atoms with Crippen LogP contribution >= 0.6 is 24.0 Å². The second kappa shape index (κ2) is 3.28. The monoisotopic (exact) mass is 202 g/mol. The normalized spacial score (nSPS) is 37.9. The minimum Gasteiger partial charge on any atom is -0.378 e. The van der Waals surface area contributed by atoms with Crippen molar-refractivity contribution in [3.05, 3.63) is 0 Å². The molecule has 1 aliphatic carbocycles. The summed E-state index contributed by atoms with van der Waals surface area (Å²) < 4.78 is 6.70. The highest BCUT2D eigenvalue weighted by Crippen LogP contribution is 2.53. The van der Waals surface area contributed by atoms with Crippen LogP contribution < -0.4 is 0 Å². The van der Waals surface area contributed by atoms with Crippen LogP contribution in [0.3, 0.4) is 0 Å². The van der Waals surface area contributed by atoms with Crippen molar-refractivity contribution in [1.82, 2.24) is 0 Å². The highest BCUT2D eigenvalue weighted by molar-refractivity contribution is 8.22. The topological polar surface area (TPSA) is 9.23 Å². The summed E-state index contributed by atoms with van der Waals surface area (Å²) >= 11 is 6.89. The Kier molecular flexibility index (Phi) is 2.45. The Bertz CT molecular complexity index is 191. The largest absolute Gasteiger partial charge is 0.378 e. The summed E-state index contributed by atoms with van der Waals surface area (Å²) in [6.07, 6.45) is 7.62. The average molecular weight is 202 g/mol. The van der Waals surface area contributed by atoms with Gasteiger partial charge in [-0.2, -0.15) is 0 Å². The minimum absolute atomic E-state index is 0.546. The van der Waals surface area contributed by atoms with Gasteiger partial charge in [0.1, 0.15) is 0 Å². The van der Waals surface area contributed by atoms with E-state index < -0.39 is 0 Å². The predicted octanol–water partition coefficient (Wildman–Crippen LogP) is 2.64. The molecule has 2 heterocycles. The first-order valence-electron chi connectivity index (χ1n) is 4.43. The van der Waals surface area contributed by atoms with Crippen LogP contribution in [0, 0.1) is 5.41 Å². The molecule has 2 saturated heterocycles. The summed E-state index contributed by atoms with van der Waals surface area (Å²) in [5.41, 5.74) is 0.546. The van der Waals surface area contributed by atoms with Gasteiger partial charge in [-0.3, -0.25) is 0 Å². The van der Waals surface area contributed by atoms with Crippen LogP contribution in [0.15, 0.2) is 0 Å². The second-order valence-corrected chi connectivity index (χ2v) is 5.57. The average Bonchev–Trinajstić information content (AvgIpc) is 2.57. The maximum Gasteiger partial charge on any atom is 0.0587 e. The molecule has 0 aromatic rings. The Morgan fingerprint density at radius 2 is 2.42 bits per heavy atom. The summed E-state index contributed by atoms with van der Waals surface area (Å²) in [6.45, 7) is 0.995. The molecule has 0 aromatic carbocycles. The molecule has 68 valence electrons. The number of rotatable bonds is 3. The number of ether oxygens (including phenoxy) is 1. The number of thioether (sulfide) groups is 1. The van der Waals surface area contributed by atoms with Gasteiger partial charge in [-0.05, 0) is 37.4 Å². The van der Waals surface area contributed by atoms with E-state index >= 15 is 0 Å². The van der Waals surface area contributed by atoms with E-state index in [0.717, 1.165) is 17.2 Å². The lowest BCUT2D eigenvalue weighted by Crippen LogP contribution is -2.32. The fourth-order valence-electron chi connectivity index (χ4n) is 2.18. The molecule has 0 spiro atoms. The van der Waals surface area contributed by atoms with Gasteiger partial charge in [-0.15, -0.1) is 11.8 Å². The number of fused-ring (bicyclic) bond motifs is 1. The molecule has 0 amide bonds. The number of hydrogen-bond acceptors (Lipinski definition) is 3. The van der Waals surface area contributed by atoms with Crippen molar-refractivity contribution in [2.24, 2.45) is 5.41 Å². The van der Waals surface area contributed by atoms with Crippen LogP contribution in [0.2, 0.25) is 0 Å². The molecule has 3 aliphatic rings. The molecule has 0 radical (unpaired) electrons. The molecular formula is C9H14OS2. The zero-order valence-corrected chi connectivity index (χ0v) is 8.97. The van der Waals surface area contributed by atoms with Gasteiger partial charge in [0, 0.05) is 4.20 Å². The SMILES string of the molecule is CSC(=S)CCC12COC(C1)C2. The van der Waals surface area contributed by atoms with Crippen molar-refractivity contribution in [1.29, 1.82) is 0 Å². The third kappa shape index (κ3) is 1.54. The summed E-state index contributed by atoms with van der Waals surface area (Å²) in [5, 5.41) is 0. The van der Waals surface area contributed by atoms with E-state index in [1.54, 1.807) is 11.8 Å². The molecule has 1 saturated carbocycles. The van der Waals surface area contributed by atoms with Crippen molar-refractivity contribution in [2.45, 2.75) is 31.8 Å². The number of hydrogen-bond donors (Lipinski definition) is 0. The highest BCUT2D eigenvalue weighted by atomic mass is 32.2. The van der Waals surface area contributed by atoms with Gasteiger partial charge in [-0.25, -0.2) is 0 Å². The van der Waals surface area contributed by atoms with E-state index in [2.05, 4.69) is 6.26 Å². The van der Waals surface area contributed by atoms with Crippen LogP contribution in [0.25, 0.3) is 0 Å². The Morgan fingerprint density at radius 1 is 1.67 bits per heavy atom. The van der Waals surface area contributed by atoms with Crippen LogP contribution in [0.5, 0.6) is 0 Å². The van der Waals surface area contributed by atoms with Gasteiger partial charge in [-0.1, -0.05) is 12.2 Å². The molecule has 3 fully saturated rings. The number of thiocarbonyl (C=S) groups is 1. The molecule has 1 nitrogen and oxygen atoms in total. The van der Waals surface area contributed by atoms with Crippen LogP contribution in [0.4, 0.5) is 0 Å². The predicted molar refractivity (Wildman–Crippen MR) is 56.8 cm³/mol. The van der Waals surface area contributed by atoms with E-state index in [1.165, 1.54) is 19.3 Å². The Balaban J connectivity index is 1.77. The first kappa shape index (κ1) is 8.97. The highest BCUT2D eigenvalue weighted by Gasteiger charge is 2.51. The van der Waals surface area contributed by atoms with Crippen molar-refractivity contribution in [3.8, 4) is 0 Å². The van der Waals surface area contributed by atoms with E-state index in [1.807, 2.05) is 0 Å². The van der Waals surface area contributed by atoms with Crippen molar-refractivity contribution in [2.75, 3.05) is 12.9 Å². The molecule has 0 unspecified atom stereocenters. The van der Waals surface area contributed by atoms with Crippen LogP contribution in [0.1, 0.15) is 25.7 Å². The second-order valence-electron chi connectivity index (χ2n) is 3.92. The standard InChI is InChI=1S/C9H14OS2/c1-12-8(11)2-3-9-4-7(5-9)10-6-9/h7H,2-6H2,1H3. The lowest BCUT2D eigenvalue weighted by atomic mass is 9.68. The molecule has 0 N–H and O–H groups in total. The maximum atomic E-state index is 5.55. The molecule has 3 heteroatoms. The molecule has 0 aromatic heterocycles. The zero-order chi connectivity index (χ0) is 8.60. The van der Waals surface area contributed by atoms with Crippen molar-refractivity contribution < 1.29 is 4.74 Å². The van der Waals surface area contributed by atoms with Crippen molar-refractivity contribution in [3.63, 3.8) is 0 Å². The summed E-state index contributed by atoms with van der Waals surface area (Å²) in [7, 11) is 0. The van der Waals surface area contributed by atoms with Gasteiger partial charge < -0.3 is 4.74 Å². The summed E-state index contributed by atoms with van der Waals surface area (Å²) in [5.74, 6) is 0. The first-order valence-corrected chi connectivity index (χ1v) is 6.06. The zero-order valence-electron chi connectivity index (χ0n) is 7.34.